The van der Waals surface area contributed by atoms with E-state index < -0.39 is 27.4 Å². The lowest BCUT2D eigenvalue weighted by atomic mass is 10.4. The maximum Gasteiger partial charge on any atom is 0.333 e. The lowest BCUT2D eigenvalue weighted by Crippen LogP contribution is -2.34. The first kappa shape index (κ1) is 20.0. The lowest BCUT2D eigenvalue weighted by Gasteiger charge is -2.40. The van der Waals surface area contributed by atoms with Crippen LogP contribution >= 0.6 is 10.3 Å². The molecule has 0 atom stereocenters. The number of rotatable bonds is 9. The van der Waals surface area contributed by atoms with Crippen molar-refractivity contribution in [2.45, 2.75) is 45.6 Å². The van der Waals surface area contributed by atoms with Crippen LogP contribution in [0.1, 0.15) is 13.3 Å². The molecule has 0 fully saturated rings. The standard InChI is InChI=1S/C14H32O3SSi2/c1-13(2)14(15)16-10-9-11-20(7,8)17-18(3,4)12-19(5)6/h19H,1,9-12H2,2-8H3. The van der Waals surface area contributed by atoms with Gasteiger partial charge in [0.15, 0.2) is 0 Å². The Hall–Kier alpha value is -0.0462. The van der Waals surface area contributed by atoms with Crippen molar-refractivity contribution in [2.24, 2.45) is 0 Å². The first-order chi connectivity index (χ1) is 8.95. The molecule has 0 aliphatic heterocycles. The Bertz CT molecular complexity index is 341. The lowest BCUT2D eigenvalue weighted by molar-refractivity contribution is -0.138. The number of ether oxygens (including phenoxy) is 1. The van der Waals surface area contributed by atoms with E-state index in [1.54, 1.807) is 6.92 Å². The van der Waals surface area contributed by atoms with E-state index in [-0.39, 0.29) is 5.97 Å². The Morgan fingerprint density at radius 1 is 1.30 bits per heavy atom. The largest absolute Gasteiger partial charge is 0.462 e. The third kappa shape index (κ3) is 9.79. The van der Waals surface area contributed by atoms with Crippen molar-refractivity contribution in [3.63, 3.8) is 0 Å². The van der Waals surface area contributed by atoms with Gasteiger partial charge in [0.25, 0.3) is 0 Å². The first-order valence-electron chi connectivity index (χ1n) is 7.19. The molecule has 20 heavy (non-hydrogen) atoms. The van der Waals surface area contributed by atoms with Crippen LogP contribution in [-0.4, -0.2) is 47.6 Å². The highest BCUT2D eigenvalue weighted by Gasteiger charge is 2.29. The second-order valence-corrected chi connectivity index (χ2v) is 18.5. The van der Waals surface area contributed by atoms with Gasteiger partial charge in [-0.25, -0.2) is 4.79 Å². The third-order valence-electron chi connectivity index (χ3n) is 2.69. The molecule has 0 unspecified atom stereocenters. The number of esters is 1. The number of hydrogen-bond donors (Lipinski definition) is 0. The van der Waals surface area contributed by atoms with Crippen LogP contribution < -0.4 is 0 Å². The number of carbonyl (C=O) groups is 1. The molecule has 0 saturated carbocycles. The fourth-order valence-corrected chi connectivity index (χ4v) is 15.8. The van der Waals surface area contributed by atoms with Crippen LogP contribution in [0.2, 0.25) is 32.2 Å². The number of carbonyl (C=O) groups excluding carboxylic acids is 1. The summed E-state index contributed by atoms with van der Waals surface area (Å²) in [5.74, 6) is -0.290. The molecule has 0 heterocycles. The summed E-state index contributed by atoms with van der Waals surface area (Å²) in [6.45, 7) is 15.0. The van der Waals surface area contributed by atoms with Gasteiger partial charge in [-0.1, -0.05) is 19.7 Å². The van der Waals surface area contributed by atoms with E-state index in [0.29, 0.717) is 12.2 Å². The highest BCUT2D eigenvalue weighted by atomic mass is 32.3. The van der Waals surface area contributed by atoms with Gasteiger partial charge < -0.3 is 8.61 Å². The maximum absolute atomic E-state index is 11.3. The predicted molar refractivity (Wildman–Crippen MR) is 96.9 cm³/mol. The average molecular weight is 337 g/mol. The van der Waals surface area contributed by atoms with Crippen molar-refractivity contribution in [1.29, 1.82) is 0 Å². The molecule has 0 N–H and O–H groups in total. The Morgan fingerprint density at radius 2 is 1.85 bits per heavy atom. The molecule has 0 aliphatic rings. The van der Waals surface area contributed by atoms with Crippen molar-refractivity contribution >= 4 is 33.4 Å². The summed E-state index contributed by atoms with van der Waals surface area (Å²) in [5, 5.41) is 1.29. The second kappa shape index (κ2) is 8.41. The minimum absolute atomic E-state index is 0.290. The summed E-state index contributed by atoms with van der Waals surface area (Å²) in [6, 6.07) is 1.03. The smallest absolute Gasteiger partial charge is 0.333 e. The highest BCUT2D eigenvalue weighted by molar-refractivity contribution is 8.30. The zero-order valence-corrected chi connectivity index (χ0v) is 17.2. The van der Waals surface area contributed by atoms with Crippen LogP contribution in [0.25, 0.3) is 0 Å². The van der Waals surface area contributed by atoms with E-state index in [4.69, 9.17) is 8.61 Å². The molecular weight excluding hydrogens is 304 g/mol. The highest BCUT2D eigenvalue weighted by Crippen LogP contribution is 2.45. The molecule has 0 rings (SSSR count). The molecule has 3 nitrogen and oxygen atoms in total. The molecule has 0 bridgehead atoms. The molecule has 6 heteroatoms. The van der Waals surface area contributed by atoms with Gasteiger partial charge in [0.05, 0.1) is 6.61 Å². The van der Waals surface area contributed by atoms with Gasteiger partial charge in [-0.3, -0.25) is 0 Å². The monoisotopic (exact) mass is 336 g/mol. The van der Waals surface area contributed by atoms with E-state index in [0.717, 1.165) is 12.5 Å². The van der Waals surface area contributed by atoms with E-state index in [1.165, 1.54) is 5.38 Å². The topological polar surface area (TPSA) is 35.5 Å². The Balaban J connectivity index is 4.13. The van der Waals surface area contributed by atoms with E-state index in [2.05, 4.69) is 45.3 Å². The van der Waals surface area contributed by atoms with Crippen molar-refractivity contribution < 1.29 is 13.4 Å². The van der Waals surface area contributed by atoms with Gasteiger partial charge in [0, 0.05) is 14.4 Å². The van der Waals surface area contributed by atoms with Crippen LogP contribution in [-0.2, 0) is 13.4 Å². The molecule has 0 aliphatic carbocycles. The van der Waals surface area contributed by atoms with Crippen LogP contribution in [0.5, 0.6) is 0 Å². The average Bonchev–Trinajstić information content (AvgIpc) is 2.19. The Morgan fingerprint density at radius 3 is 2.30 bits per heavy atom. The molecule has 0 saturated heterocycles. The SMILES string of the molecule is C=C(C)C(=O)OCCC[Si](C)(C)OS(C)(C)C[SiH](C)C. The summed E-state index contributed by atoms with van der Waals surface area (Å²) in [7, 11) is -3.15. The van der Waals surface area contributed by atoms with Gasteiger partial charge in [-0.05, 0) is 50.4 Å². The van der Waals surface area contributed by atoms with Crippen molar-refractivity contribution in [3.05, 3.63) is 12.2 Å². The molecule has 0 radical (unpaired) electrons. The van der Waals surface area contributed by atoms with E-state index >= 15 is 0 Å². The molecule has 120 valence electrons. The Kier molecular flexibility index (Phi) is 8.39. The molecule has 0 aromatic carbocycles. The van der Waals surface area contributed by atoms with Crippen LogP contribution in [0.3, 0.4) is 0 Å². The summed E-state index contributed by atoms with van der Waals surface area (Å²) in [4.78, 5) is 11.3. The molecular formula is C14H32O3SSi2. The van der Waals surface area contributed by atoms with Gasteiger partial charge in [0.2, 0.25) is 8.32 Å². The zero-order chi connectivity index (χ0) is 16.0. The summed E-state index contributed by atoms with van der Waals surface area (Å²) < 4.78 is 11.6. The van der Waals surface area contributed by atoms with Crippen LogP contribution in [0, 0.1) is 0 Å². The zero-order valence-electron chi connectivity index (χ0n) is 14.2. The van der Waals surface area contributed by atoms with Gasteiger partial charge in [-0.2, -0.15) is 10.3 Å². The number of hydrogen-bond acceptors (Lipinski definition) is 3. The quantitative estimate of drug-likeness (QED) is 0.279. The Labute approximate surface area is 129 Å². The summed E-state index contributed by atoms with van der Waals surface area (Å²) in [5.41, 5.74) is 0.463. The van der Waals surface area contributed by atoms with E-state index in [9.17, 15) is 4.79 Å². The predicted octanol–water partition coefficient (Wildman–Crippen LogP) is 3.72. The third-order valence-corrected chi connectivity index (χ3v) is 13.7. The van der Waals surface area contributed by atoms with Gasteiger partial charge in [-0.15, -0.1) is 0 Å². The minimum atomic E-state index is -1.66. The molecule has 0 aromatic rings. The van der Waals surface area contributed by atoms with E-state index in [1.807, 2.05) is 0 Å². The molecule has 0 spiro atoms. The second-order valence-electron chi connectivity index (χ2n) is 6.86. The summed E-state index contributed by atoms with van der Waals surface area (Å²) >= 11 is 0. The molecule has 0 amide bonds. The molecule has 0 aromatic heterocycles. The van der Waals surface area contributed by atoms with Crippen molar-refractivity contribution in [1.82, 2.24) is 0 Å². The van der Waals surface area contributed by atoms with Gasteiger partial charge >= 0.3 is 5.97 Å². The van der Waals surface area contributed by atoms with Crippen molar-refractivity contribution in [3.8, 4) is 0 Å². The maximum atomic E-state index is 11.3. The normalized spacial score (nSPS) is 13.4. The minimum Gasteiger partial charge on any atom is -0.462 e. The summed E-state index contributed by atoms with van der Waals surface area (Å²) in [6.07, 6.45) is 5.46. The van der Waals surface area contributed by atoms with Crippen LogP contribution in [0.15, 0.2) is 12.2 Å². The fourth-order valence-electron chi connectivity index (χ4n) is 2.28. The van der Waals surface area contributed by atoms with Gasteiger partial charge in [0.1, 0.15) is 0 Å². The first-order valence-corrected chi connectivity index (χ1v) is 16.0. The fraction of sp³-hybridized carbons (Fsp3) is 0.786. The van der Waals surface area contributed by atoms with Crippen LogP contribution in [0.4, 0.5) is 0 Å². The van der Waals surface area contributed by atoms with Crippen molar-refractivity contribution in [2.75, 3.05) is 24.5 Å².